The average molecular weight is 718 g/mol. The fourth-order valence-corrected chi connectivity index (χ4v) is 8.15. The molecule has 2 heteroatoms. The van der Waals surface area contributed by atoms with Crippen molar-refractivity contribution in [1.29, 1.82) is 0 Å². The molecule has 0 radical (unpaired) electrons. The number of para-hydroxylation sites is 2. The monoisotopic (exact) mass is 717 g/mol. The van der Waals surface area contributed by atoms with E-state index >= 15 is 0 Å². The van der Waals surface area contributed by atoms with Crippen molar-refractivity contribution >= 4 is 71.3 Å². The Kier molecular flexibility index (Phi) is 6.60. The number of furan rings is 1. The average Bonchev–Trinajstić information content (AvgIpc) is 3.69. The molecule has 0 saturated carbocycles. The number of hydrogen-bond acceptors (Lipinski definition) is 2. The minimum absolute atomic E-state index is 0.0989. The van der Waals surface area contributed by atoms with Gasteiger partial charge >= 0.3 is 0 Å². The summed E-state index contributed by atoms with van der Waals surface area (Å²) in [4.78, 5) is 1.89. The van der Waals surface area contributed by atoms with Gasteiger partial charge in [0, 0.05) is 33.1 Å². The zero-order valence-electron chi connectivity index (χ0n) is 34.3. The van der Waals surface area contributed by atoms with Crippen molar-refractivity contribution in [2.75, 3.05) is 4.90 Å². The molecule has 56 heavy (non-hydrogen) atoms. The standard InChI is InChI=1S/C54H35NO/c1-2-12-40-34-41(21-20-36(40)10-1)37-22-28-44(29-23-37)55(45-30-24-39(25-31-45)47-17-9-13-38-11-3-4-14-46(38)47)52-18-7-5-15-48(52)42-26-32-49-43(35-42)27-33-51-50-16-6-8-19-53(50)56-54(49)51/h1-35H/i24D,25D,30D,31D. The highest BCUT2D eigenvalue weighted by atomic mass is 16.3. The van der Waals surface area contributed by atoms with Gasteiger partial charge in [0.05, 0.1) is 11.2 Å². The third kappa shape index (κ3) is 5.42. The molecule has 0 aliphatic rings. The predicted octanol–water partition coefficient (Wildman–Crippen LogP) is 15.5. The van der Waals surface area contributed by atoms with E-state index in [4.69, 9.17) is 4.42 Å². The quantitative estimate of drug-likeness (QED) is 0.170. The third-order valence-electron chi connectivity index (χ3n) is 10.9. The molecular weight excluding hydrogens is 679 g/mol. The molecule has 0 N–H and O–H groups in total. The van der Waals surface area contributed by atoms with Crippen LogP contribution in [0.3, 0.4) is 0 Å². The summed E-state index contributed by atoms with van der Waals surface area (Å²) in [7, 11) is 0. The van der Waals surface area contributed by atoms with E-state index in [1.165, 1.54) is 5.39 Å². The summed E-state index contributed by atoms with van der Waals surface area (Å²) in [5.41, 5.74) is 8.14. The Bertz CT molecular complexity index is 3460. The Morgan fingerprint density at radius 1 is 0.357 bits per heavy atom. The minimum atomic E-state index is -0.127. The molecule has 1 heterocycles. The van der Waals surface area contributed by atoms with Gasteiger partial charge in [0.15, 0.2) is 0 Å². The minimum Gasteiger partial charge on any atom is -0.455 e. The number of fused-ring (bicyclic) bond motifs is 7. The second-order valence-corrected chi connectivity index (χ2v) is 14.2. The lowest BCUT2D eigenvalue weighted by Crippen LogP contribution is -2.11. The molecule has 0 bridgehead atoms. The van der Waals surface area contributed by atoms with E-state index < -0.39 is 0 Å². The van der Waals surface area contributed by atoms with E-state index in [2.05, 4.69) is 78.9 Å². The highest BCUT2D eigenvalue weighted by molar-refractivity contribution is 6.15. The maximum Gasteiger partial charge on any atom is 0.143 e. The van der Waals surface area contributed by atoms with Crippen LogP contribution in [0.1, 0.15) is 5.48 Å². The number of benzene rings is 10. The van der Waals surface area contributed by atoms with Crippen LogP contribution in [0, 0.1) is 0 Å². The fourth-order valence-electron chi connectivity index (χ4n) is 8.15. The summed E-state index contributed by atoms with van der Waals surface area (Å²) in [6, 6.07) is 62.7. The molecule has 0 aliphatic carbocycles. The summed E-state index contributed by atoms with van der Waals surface area (Å²) in [6.45, 7) is 0. The van der Waals surface area contributed by atoms with Gasteiger partial charge in [0.25, 0.3) is 0 Å². The van der Waals surface area contributed by atoms with E-state index in [1.54, 1.807) is 0 Å². The molecule has 0 aliphatic heterocycles. The summed E-state index contributed by atoms with van der Waals surface area (Å²) in [5.74, 6) is 0. The number of anilines is 3. The predicted molar refractivity (Wildman–Crippen MR) is 237 cm³/mol. The highest BCUT2D eigenvalue weighted by Gasteiger charge is 2.19. The third-order valence-corrected chi connectivity index (χ3v) is 10.9. The molecule has 2 nitrogen and oxygen atoms in total. The first-order valence-corrected chi connectivity index (χ1v) is 18.8. The molecule has 0 amide bonds. The van der Waals surface area contributed by atoms with Gasteiger partial charge in [0.2, 0.25) is 0 Å². The van der Waals surface area contributed by atoms with Crippen LogP contribution in [-0.2, 0) is 0 Å². The van der Waals surface area contributed by atoms with Crippen molar-refractivity contribution < 1.29 is 9.90 Å². The molecule has 262 valence electrons. The van der Waals surface area contributed by atoms with E-state index in [-0.39, 0.29) is 35.4 Å². The van der Waals surface area contributed by atoms with Crippen molar-refractivity contribution in [2.24, 2.45) is 0 Å². The molecule has 10 aromatic carbocycles. The van der Waals surface area contributed by atoms with Gasteiger partial charge in [-0.3, -0.25) is 0 Å². The number of nitrogens with zero attached hydrogens (tertiary/aromatic N) is 1. The molecule has 0 unspecified atom stereocenters. The Morgan fingerprint density at radius 3 is 1.86 bits per heavy atom. The first kappa shape index (κ1) is 28.1. The van der Waals surface area contributed by atoms with Crippen molar-refractivity contribution in [2.45, 2.75) is 0 Å². The summed E-state index contributed by atoms with van der Waals surface area (Å²) >= 11 is 0. The zero-order chi connectivity index (χ0) is 40.5. The van der Waals surface area contributed by atoms with E-state index in [1.807, 2.05) is 114 Å². The molecule has 0 atom stereocenters. The van der Waals surface area contributed by atoms with Crippen LogP contribution in [0.5, 0.6) is 0 Å². The topological polar surface area (TPSA) is 16.4 Å². The SMILES string of the molecule is [2H]c1c([2H])c(N(c2ccc(-c3ccc4ccccc4c3)cc2)c2ccccc2-c2ccc3c(ccc4c5ccccc5oc34)c2)c([2H])c([2H])c1-c1cccc2ccccc12. The lowest BCUT2D eigenvalue weighted by molar-refractivity contribution is 0.672. The molecule has 0 fully saturated rings. The van der Waals surface area contributed by atoms with Gasteiger partial charge < -0.3 is 9.32 Å². The number of hydrogen-bond donors (Lipinski definition) is 0. The Balaban J connectivity index is 1.11. The van der Waals surface area contributed by atoms with Crippen molar-refractivity contribution in [3.8, 4) is 33.4 Å². The molecule has 0 spiro atoms. The second kappa shape index (κ2) is 13.2. The normalized spacial score (nSPS) is 12.6. The maximum atomic E-state index is 9.68. The first-order chi connectivity index (χ1) is 29.4. The van der Waals surface area contributed by atoms with Crippen LogP contribution in [0.25, 0.3) is 87.6 Å². The summed E-state index contributed by atoms with van der Waals surface area (Å²) < 4.78 is 44.7. The lowest BCUT2D eigenvalue weighted by Gasteiger charge is -2.28. The fraction of sp³-hybridized carbons (Fsp3) is 0. The van der Waals surface area contributed by atoms with Crippen LogP contribution < -0.4 is 4.90 Å². The first-order valence-electron chi connectivity index (χ1n) is 20.8. The van der Waals surface area contributed by atoms with Gasteiger partial charge in [-0.05, 0) is 115 Å². The van der Waals surface area contributed by atoms with Gasteiger partial charge in [-0.2, -0.15) is 0 Å². The lowest BCUT2D eigenvalue weighted by atomic mass is 9.96. The van der Waals surface area contributed by atoms with Crippen LogP contribution in [0.15, 0.2) is 217 Å². The molecular formula is C54H35NO. The van der Waals surface area contributed by atoms with Crippen molar-refractivity contribution in [1.82, 2.24) is 0 Å². The van der Waals surface area contributed by atoms with Gasteiger partial charge in [-0.1, -0.05) is 152 Å². The summed E-state index contributed by atoms with van der Waals surface area (Å²) in [6.07, 6.45) is 0. The van der Waals surface area contributed by atoms with E-state index in [0.717, 1.165) is 76.8 Å². The molecule has 1 aromatic heterocycles. The van der Waals surface area contributed by atoms with Crippen LogP contribution in [0.4, 0.5) is 17.1 Å². The number of rotatable bonds is 6. The smallest absolute Gasteiger partial charge is 0.143 e. The van der Waals surface area contributed by atoms with Crippen LogP contribution >= 0.6 is 0 Å². The second-order valence-electron chi connectivity index (χ2n) is 14.2. The van der Waals surface area contributed by atoms with E-state index in [9.17, 15) is 5.48 Å². The van der Waals surface area contributed by atoms with Crippen LogP contribution in [0.2, 0.25) is 0 Å². The molecule has 11 aromatic rings. The highest BCUT2D eigenvalue weighted by Crippen LogP contribution is 2.43. The van der Waals surface area contributed by atoms with Gasteiger partial charge in [-0.25, -0.2) is 0 Å². The van der Waals surface area contributed by atoms with Gasteiger partial charge in [0.1, 0.15) is 11.2 Å². The van der Waals surface area contributed by atoms with Crippen molar-refractivity contribution in [3.63, 3.8) is 0 Å². The largest absolute Gasteiger partial charge is 0.455 e. The molecule has 0 saturated heterocycles. The zero-order valence-corrected chi connectivity index (χ0v) is 30.3. The maximum absolute atomic E-state index is 9.68. The Hall–Kier alpha value is -7.42. The summed E-state index contributed by atoms with van der Waals surface area (Å²) in [5, 5.41) is 8.34. The van der Waals surface area contributed by atoms with E-state index in [0.29, 0.717) is 11.3 Å². The molecule has 11 rings (SSSR count). The Labute approximate surface area is 330 Å². The Morgan fingerprint density at radius 2 is 0.982 bits per heavy atom. The van der Waals surface area contributed by atoms with Gasteiger partial charge in [-0.15, -0.1) is 0 Å². The van der Waals surface area contributed by atoms with Crippen LogP contribution in [-0.4, -0.2) is 0 Å². The van der Waals surface area contributed by atoms with Crippen molar-refractivity contribution in [3.05, 3.63) is 212 Å².